The maximum Gasteiger partial charge on any atom is 0.416 e. The van der Waals surface area contributed by atoms with Crippen LogP contribution in [0.3, 0.4) is 0 Å². The van der Waals surface area contributed by atoms with E-state index in [-0.39, 0.29) is 11.8 Å². The highest BCUT2D eigenvalue weighted by atomic mass is 19.4. The zero-order valence-electron chi connectivity index (χ0n) is 12.7. The van der Waals surface area contributed by atoms with Gasteiger partial charge in [-0.2, -0.15) is 18.2 Å². The molecule has 2 aromatic carbocycles. The predicted molar refractivity (Wildman–Crippen MR) is 88.8 cm³/mol. The van der Waals surface area contributed by atoms with Gasteiger partial charge < -0.3 is 16.8 Å². The molecule has 0 bridgehead atoms. The lowest BCUT2D eigenvalue weighted by Crippen LogP contribution is -2.07. The van der Waals surface area contributed by atoms with Gasteiger partial charge in [-0.1, -0.05) is 18.2 Å². The van der Waals surface area contributed by atoms with E-state index >= 15 is 0 Å². The lowest BCUT2D eigenvalue weighted by Gasteiger charge is -2.12. The summed E-state index contributed by atoms with van der Waals surface area (Å²) in [6.07, 6.45) is -4.40. The van der Waals surface area contributed by atoms with E-state index in [1.165, 1.54) is 12.1 Å². The number of para-hydroxylation sites is 1. The highest BCUT2D eigenvalue weighted by molar-refractivity contribution is 5.82. The van der Waals surface area contributed by atoms with E-state index in [9.17, 15) is 13.2 Å². The van der Waals surface area contributed by atoms with Gasteiger partial charge in [0.1, 0.15) is 5.69 Å². The molecule has 3 aromatic rings. The molecule has 0 aliphatic carbocycles. The fraction of sp³-hybridized carbons (Fsp3) is 0.0625. The number of hydrogen-bond acceptors (Lipinski definition) is 6. The van der Waals surface area contributed by atoms with Gasteiger partial charge in [0.05, 0.1) is 5.56 Å². The minimum absolute atomic E-state index is 0.0762. The summed E-state index contributed by atoms with van der Waals surface area (Å²) >= 11 is 0. The Balaban J connectivity index is 1.98. The van der Waals surface area contributed by atoms with E-state index in [4.69, 9.17) is 11.5 Å². The van der Waals surface area contributed by atoms with Crippen molar-refractivity contribution in [3.8, 4) is 11.3 Å². The van der Waals surface area contributed by atoms with Crippen molar-refractivity contribution in [2.75, 3.05) is 16.8 Å². The zero-order valence-corrected chi connectivity index (χ0v) is 12.7. The van der Waals surface area contributed by atoms with E-state index in [0.29, 0.717) is 22.6 Å². The van der Waals surface area contributed by atoms with Crippen molar-refractivity contribution in [3.05, 3.63) is 54.1 Å². The van der Waals surface area contributed by atoms with Gasteiger partial charge in [0.15, 0.2) is 5.82 Å². The summed E-state index contributed by atoms with van der Waals surface area (Å²) in [4.78, 5) is 4.07. The van der Waals surface area contributed by atoms with Crippen molar-refractivity contribution in [2.24, 2.45) is 0 Å². The number of nitrogens with two attached hydrogens (primary N) is 2. The molecule has 1 aromatic heterocycles. The Morgan fingerprint density at radius 3 is 2.20 bits per heavy atom. The number of aromatic nitrogens is 3. The van der Waals surface area contributed by atoms with Gasteiger partial charge in [-0.3, -0.25) is 0 Å². The molecule has 128 valence electrons. The minimum Gasteiger partial charge on any atom is -0.398 e. The Labute approximate surface area is 140 Å². The molecule has 0 saturated carbocycles. The van der Waals surface area contributed by atoms with Crippen LogP contribution in [0.5, 0.6) is 0 Å². The second-order valence-corrected chi connectivity index (χ2v) is 5.15. The van der Waals surface area contributed by atoms with E-state index in [2.05, 4.69) is 20.5 Å². The molecule has 0 amide bonds. The van der Waals surface area contributed by atoms with Crippen molar-refractivity contribution < 1.29 is 13.2 Å². The topological polar surface area (TPSA) is 103 Å². The Hall–Kier alpha value is -3.36. The molecule has 3 rings (SSSR count). The summed E-state index contributed by atoms with van der Waals surface area (Å²) in [6.45, 7) is 0. The van der Waals surface area contributed by atoms with E-state index < -0.39 is 11.7 Å². The maximum absolute atomic E-state index is 12.6. The number of benzene rings is 2. The molecule has 5 N–H and O–H groups in total. The lowest BCUT2D eigenvalue weighted by atomic mass is 10.1. The maximum atomic E-state index is 12.6. The molecule has 0 unspecified atom stereocenters. The van der Waals surface area contributed by atoms with Crippen molar-refractivity contribution in [1.82, 2.24) is 15.2 Å². The average molecular weight is 346 g/mol. The minimum atomic E-state index is -4.40. The number of halogens is 3. The van der Waals surface area contributed by atoms with Crippen molar-refractivity contribution >= 4 is 23.1 Å². The number of rotatable bonds is 3. The Kier molecular flexibility index (Phi) is 4.14. The number of nitrogens with one attached hydrogen (secondary N) is 1. The van der Waals surface area contributed by atoms with Crippen LogP contribution in [0, 0.1) is 0 Å². The molecule has 25 heavy (non-hydrogen) atoms. The second kappa shape index (κ2) is 6.27. The molecule has 0 fully saturated rings. The molecule has 0 aliphatic heterocycles. The monoisotopic (exact) mass is 346 g/mol. The van der Waals surface area contributed by atoms with Gasteiger partial charge in [0, 0.05) is 16.9 Å². The summed E-state index contributed by atoms with van der Waals surface area (Å²) in [5.74, 6) is 0.165. The van der Waals surface area contributed by atoms with Gasteiger partial charge in [0.25, 0.3) is 0 Å². The summed E-state index contributed by atoms with van der Waals surface area (Å²) in [5.41, 5.74) is 12.5. The number of nitrogens with zero attached hydrogens (tertiary/aromatic N) is 3. The first-order chi connectivity index (χ1) is 11.8. The first-order valence-corrected chi connectivity index (χ1v) is 7.14. The lowest BCUT2D eigenvalue weighted by molar-refractivity contribution is -0.137. The summed E-state index contributed by atoms with van der Waals surface area (Å²) in [7, 11) is 0. The molecule has 0 spiro atoms. The largest absolute Gasteiger partial charge is 0.416 e. The molecule has 0 saturated heterocycles. The van der Waals surface area contributed by atoms with Crippen LogP contribution in [0.2, 0.25) is 0 Å². The van der Waals surface area contributed by atoms with Gasteiger partial charge in [-0.15, -0.1) is 10.2 Å². The molecule has 0 aliphatic rings. The fourth-order valence-electron chi connectivity index (χ4n) is 2.20. The highest BCUT2D eigenvalue weighted by Gasteiger charge is 2.30. The Morgan fingerprint density at radius 2 is 1.56 bits per heavy atom. The number of hydrogen-bond donors (Lipinski definition) is 3. The smallest absolute Gasteiger partial charge is 0.398 e. The number of nitrogen functional groups attached to an aromatic ring is 2. The quantitative estimate of drug-likeness (QED) is 0.628. The second-order valence-electron chi connectivity index (χ2n) is 5.15. The van der Waals surface area contributed by atoms with Crippen molar-refractivity contribution in [2.45, 2.75) is 6.18 Å². The molecule has 0 radical (unpaired) electrons. The first-order valence-electron chi connectivity index (χ1n) is 7.14. The van der Waals surface area contributed by atoms with Crippen LogP contribution < -0.4 is 16.8 Å². The van der Waals surface area contributed by atoms with Gasteiger partial charge in [-0.25, -0.2) is 0 Å². The van der Waals surface area contributed by atoms with Crippen LogP contribution in [0.15, 0.2) is 48.5 Å². The summed E-state index contributed by atoms with van der Waals surface area (Å²) in [6, 6.07) is 11.5. The summed E-state index contributed by atoms with van der Waals surface area (Å²) < 4.78 is 37.9. The molecular weight excluding hydrogens is 333 g/mol. The van der Waals surface area contributed by atoms with Crippen LogP contribution in [0.25, 0.3) is 11.3 Å². The zero-order chi connectivity index (χ0) is 18.0. The Morgan fingerprint density at radius 1 is 0.880 bits per heavy atom. The fourth-order valence-corrected chi connectivity index (χ4v) is 2.20. The van der Waals surface area contributed by atoms with Gasteiger partial charge in [0.2, 0.25) is 5.95 Å². The van der Waals surface area contributed by atoms with Crippen LogP contribution in [0.1, 0.15) is 5.56 Å². The number of alkyl halides is 3. The summed E-state index contributed by atoms with van der Waals surface area (Å²) in [5, 5.41) is 10.6. The van der Waals surface area contributed by atoms with Crippen LogP contribution >= 0.6 is 0 Å². The molecule has 6 nitrogen and oxygen atoms in total. The standard InChI is InChI=1S/C16H13F3N6/c17-16(18,19)9-5-7-10(8-6-9)22-14-13(24-25-15(21)23-14)11-3-1-2-4-12(11)20/h1-8H,20H2,(H3,21,22,23,25). The third kappa shape index (κ3) is 3.60. The van der Waals surface area contributed by atoms with Crippen molar-refractivity contribution in [3.63, 3.8) is 0 Å². The molecule has 9 heteroatoms. The predicted octanol–water partition coefficient (Wildman–Crippen LogP) is 3.47. The van der Waals surface area contributed by atoms with Gasteiger partial charge in [-0.05, 0) is 30.3 Å². The molecular formula is C16H13F3N6. The van der Waals surface area contributed by atoms with Crippen molar-refractivity contribution in [1.29, 1.82) is 0 Å². The van der Waals surface area contributed by atoms with E-state index in [1.807, 2.05) is 0 Å². The first kappa shape index (κ1) is 16.5. The third-order valence-corrected chi connectivity index (χ3v) is 3.39. The van der Waals surface area contributed by atoms with Crippen LogP contribution in [0.4, 0.5) is 36.3 Å². The molecule has 0 atom stereocenters. The SMILES string of the molecule is Nc1nnc(-c2ccccc2N)c(Nc2ccc(C(F)(F)F)cc2)n1. The third-order valence-electron chi connectivity index (χ3n) is 3.39. The normalized spacial score (nSPS) is 11.3. The Bertz CT molecular complexity index is 893. The number of anilines is 4. The van der Waals surface area contributed by atoms with Gasteiger partial charge >= 0.3 is 6.18 Å². The average Bonchev–Trinajstić information content (AvgIpc) is 2.56. The van der Waals surface area contributed by atoms with Crippen LogP contribution in [-0.2, 0) is 6.18 Å². The van der Waals surface area contributed by atoms with Crippen LogP contribution in [-0.4, -0.2) is 15.2 Å². The van der Waals surface area contributed by atoms with E-state index in [0.717, 1.165) is 12.1 Å². The molecule has 1 heterocycles. The highest BCUT2D eigenvalue weighted by Crippen LogP contribution is 2.32. The van der Waals surface area contributed by atoms with E-state index in [1.54, 1.807) is 24.3 Å².